The monoisotopic (exact) mass is 176 g/mol. The topological polar surface area (TPSA) is 18.5 Å². The molecular formula is C10H24O2. The summed E-state index contributed by atoms with van der Waals surface area (Å²) in [7, 11) is 0. The zero-order valence-electron chi connectivity index (χ0n) is 9.44. The lowest BCUT2D eigenvalue weighted by Gasteiger charge is -2.18. The van der Waals surface area contributed by atoms with Gasteiger partial charge in [-0.3, -0.25) is 0 Å². The molecule has 0 aromatic carbocycles. The second-order valence-corrected chi connectivity index (χ2v) is 2.18. The van der Waals surface area contributed by atoms with Crippen LogP contribution in [0.25, 0.3) is 0 Å². The van der Waals surface area contributed by atoms with E-state index in [1.54, 1.807) is 0 Å². The summed E-state index contributed by atoms with van der Waals surface area (Å²) in [4.78, 5) is 0. The number of hydrogen-bond acceptors (Lipinski definition) is 2. The molecule has 0 spiro atoms. The van der Waals surface area contributed by atoms with Gasteiger partial charge in [-0.05, 0) is 13.3 Å². The normalized spacial score (nSPS) is 18.5. The molecule has 76 valence electrons. The van der Waals surface area contributed by atoms with Gasteiger partial charge in [-0.25, -0.2) is 0 Å². The summed E-state index contributed by atoms with van der Waals surface area (Å²) in [5, 5.41) is 0. The van der Waals surface area contributed by atoms with E-state index >= 15 is 0 Å². The van der Waals surface area contributed by atoms with Crippen LogP contribution >= 0.6 is 0 Å². The van der Waals surface area contributed by atoms with Gasteiger partial charge in [0.2, 0.25) is 0 Å². The van der Waals surface area contributed by atoms with Crippen LogP contribution in [-0.4, -0.2) is 19.0 Å². The Bertz CT molecular complexity index is 75.9. The van der Waals surface area contributed by atoms with Gasteiger partial charge in [0, 0.05) is 0 Å². The van der Waals surface area contributed by atoms with Crippen LogP contribution in [0.3, 0.4) is 0 Å². The molecule has 0 bridgehead atoms. The predicted molar refractivity (Wildman–Crippen MR) is 53.3 cm³/mol. The van der Waals surface area contributed by atoms with Crippen LogP contribution in [0.4, 0.5) is 0 Å². The number of rotatable bonds is 1. The molecule has 0 saturated carbocycles. The average molecular weight is 176 g/mol. The van der Waals surface area contributed by atoms with E-state index < -0.39 is 0 Å². The highest BCUT2D eigenvalue weighted by atomic mass is 16.7. The van der Waals surface area contributed by atoms with Crippen LogP contribution in [0.15, 0.2) is 0 Å². The standard InChI is InChI=1S/C6H12O2.2C2H6/c1-3-6(2)7-4-5-8-6;2*1-2/h3-5H2,1-2H3;2*1-2H3. The Balaban J connectivity index is 0. The van der Waals surface area contributed by atoms with E-state index in [-0.39, 0.29) is 5.79 Å². The molecule has 1 aliphatic rings. The fourth-order valence-electron chi connectivity index (χ4n) is 0.761. The molecule has 0 N–H and O–H groups in total. The molecular weight excluding hydrogens is 152 g/mol. The lowest BCUT2D eigenvalue weighted by molar-refractivity contribution is -0.143. The summed E-state index contributed by atoms with van der Waals surface area (Å²) in [6, 6.07) is 0. The number of ether oxygens (including phenoxy) is 2. The minimum atomic E-state index is -0.264. The minimum absolute atomic E-state index is 0.264. The Morgan fingerprint density at radius 1 is 1.00 bits per heavy atom. The molecule has 1 fully saturated rings. The van der Waals surface area contributed by atoms with Gasteiger partial charge in [0.1, 0.15) is 0 Å². The van der Waals surface area contributed by atoms with E-state index in [1.807, 2.05) is 34.6 Å². The fourth-order valence-corrected chi connectivity index (χ4v) is 0.761. The van der Waals surface area contributed by atoms with Crippen LogP contribution in [0.1, 0.15) is 48.0 Å². The smallest absolute Gasteiger partial charge is 0.165 e. The van der Waals surface area contributed by atoms with Gasteiger partial charge in [-0.2, -0.15) is 0 Å². The van der Waals surface area contributed by atoms with Crippen molar-refractivity contribution < 1.29 is 9.47 Å². The van der Waals surface area contributed by atoms with Crippen molar-refractivity contribution in [2.45, 2.75) is 53.8 Å². The quantitative estimate of drug-likeness (QED) is 0.610. The van der Waals surface area contributed by atoms with Gasteiger partial charge in [-0.1, -0.05) is 34.6 Å². The zero-order valence-corrected chi connectivity index (χ0v) is 9.44. The van der Waals surface area contributed by atoms with Gasteiger partial charge in [0.25, 0.3) is 0 Å². The lowest BCUT2D eigenvalue weighted by atomic mass is 10.2. The third kappa shape index (κ3) is 5.56. The fraction of sp³-hybridized carbons (Fsp3) is 1.00. The molecule has 0 amide bonds. The second-order valence-electron chi connectivity index (χ2n) is 2.18. The molecule has 2 nitrogen and oxygen atoms in total. The Morgan fingerprint density at radius 2 is 1.33 bits per heavy atom. The summed E-state index contributed by atoms with van der Waals surface area (Å²) in [6.45, 7) is 13.5. The second kappa shape index (κ2) is 9.01. The van der Waals surface area contributed by atoms with Crippen LogP contribution < -0.4 is 0 Å². The summed E-state index contributed by atoms with van der Waals surface area (Å²) < 4.78 is 10.5. The first-order valence-corrected chi connectivity index (χ1v) is 5.05. The van der Waals surface area contributed by atoms with E-state index in [1.165, 1.54) is 0 Å². The highest BCUT2D eigenvalue weighted by Crippen LogP contribution is 2.21. The molecule has 1 aliphatic heterocycles. The largest absolute Gasteiger partial charge is 0.348 e. The van der Waals surface area contributed by atoms with Gasteiger partial charge >= 0.3 is 0 Å². The summed E-state index contributed by atoms with van der Waals surface area (Å²) >= 11 is 0. The Kier molecular flexibility index (Phi) is 10.8. The Morgan fingerprint density at radius 3 is 1.50 bits per heavy atom. The average Bonchev–Trinajstić information content (AvgIpc) is 2.60. The Hall–Kier alpha value is -0.0800. The van der Waals surface area contributed by atoms with Gasteiger partial charge < -0.3 is 9.47 Å². The van der Waals surface area contributed by atoms with Crippen molar-refractivity contribution in [1.82, 2.24) is 0 Å². The molecule has 0 aromatic rings. The maximum atomic E-state index is 5.27. The predicted octanol–water partition coefficient (Wildman–Crippen LogP) is 3.21. The van der Waals surface area contributed by atoms with Gasteiger partial charge in [-0.15, -0.1) is 0 Å². The first-order chi connectivity index (χ1) is 5.77. The molecule has 12 heavy (non-hydrogen) atoms. The molecule has 0 unspecified atom stereocenters. The summed E-state index contributed by atoms with van der Waals surface area (Å²) in [5.41, 5.74) is 0. The minimum Gasteiger partial charge on any atom is -0.348 e. The van der Waals surface area contributed by atoms with Crippen LogP contribution in [0, 0.1) is 0 Å². The van der Waals surface area contributed by atoms with E-state index in [4.69, 9.17) is 9.47 Å². The van der Waals surface area contributed by atoms with Gasteiger partial charge in [0.05, 0.1) is 13.2 Å². The third-order valence-electron chi connectivity index (χ3n) is 1.54. The molecule has 0 aliphatic carbocycles. The molecule has 2 heteroatoms. The van der Waals surface area contributed by atoms with Crippen molar-refractivity contribution in [3.8, 4) is 0 Å². The van der Waals surface area contributed by atoms with Gasteiger partial charge in [0.15, 0.2) is 5.79 Å². The third-order valence-corrected chi connectivity index (χ3v) is 1.54. The molecule has 0 atom stereocenters. The molecule has 1 saturated heterocycles. The number of hydrogen-bond donors (Lipinski definition) is 0. The Labute approximate surface area is 77.3 Å². The SMILES string of the molecule is CC.CC.CCC1(C)OCCO1. The van der Waals surface area contributed by atoms with Crippen LogP contribution in [0.2, 0.25) is 0 Å². The van der Waals surface area contributed by atoms with Crippen molar-refractivity contribution in [3.63, 3.8) is 0 Å². The van der Waals surface area contributed by atoms with E-state index in [9.17, 15) is 0 Å². The van der Waals surface area contributed by atoms with Crippen molar-refractivity contribution in [1.29, 1.82) is 0 Å². The lowest BCUT2D eigenvalue weighted by Crippen LogP contribution is -2.23. The van der Waals surface area contributed by atoms with E-state index in [0.717, 1.165) is 19.6 Å². The first kappa shape index (κ1) is 14.4. The summed E-state index contributed by atoms with van der Waals surface area (Å²) in [6.07, 6.45) is 0.938. The molecule has 1 rings (SSSR count). The highest BCUT2D eigenvalue weighted by molar-refractivity contribution is 4.64. The van der Waals surface area contributed by atoms with Crippen molar-refractivity contribution in [2.75, 3.05) is 13.2 Å². The maximum Gasteiger partial charge on any atom is 0.165 e. The van der Waals surface area contributed by atoms with Crippen molar-refractivity contribution >= 4 is 0 Å². The molecule has 0 radical (unpaired) electrons. The molecule has 0 aromatic heterocycles. The van der Waals surface area contributed by atoms with Crippen LogP contribution in [0.5, 0.6) is 0 Å². The van der Waals surface area contributed by atoms with E-state index in [2.05, 4.69) is 6.92 Å². The summed E-state index contributed by atoms with van der Waals surface area (Å²) in [5.74, 6) is -0.264. The van der Waals surface area contributed by atoms with Crippen molar-refractivity contribution in [2.24, 2.45) is 0 Å². The highest BCUT2D eigenvalue weighted by Gasteiger charge is 2.27. The zero-order chi connectivity index (χ0) is 10.0. The van der Waals surface area contributed by atoms with Crippen LogP contribution in [-0.2, 0) is 9.47 Å². The van der Waals surface area contributed by atoms with Crippen molar-refractivity contribution in [3.05, 3.63) is 0 Å². The maximum absolute atomic E-state index is 5.27. The molecule has 1 heterocycles. The van der Waals surface area contributed by atoms with E-state index in [0.29, 0.717) is 0 Å². The first-order valence-electron chi connectivity index (χ1n) is 5.05.